The van der Waals surface area contributed by atoms with E-state index >= 15 is 0 Å². The van der Waals surface area contributed by atoms with Crippen LogP contribution in [0.25, 0.3) is 0 Å². The molecule has 1 aromatic rings. The average Bonchev–Trinajstić information content (AvgIpc) is 2.08. The van der Waals surface area contributed by atoms with Crippen molar-refractivity contribution in [3.05, 3.63) is 18.7 Å². The van der Waals surface area contributed by atoms with E-state index in [2.05, 4.69) is 32.0 Å². The molecule has 0 aliphatic carbocycles. The van der Waals surface area contributed by atoms with Crippen LogP contribution in [0.5, 0.6) is 0 Å². The maximum atomic E-state index is 4.00. The van der Waals surface area contributed by atoms with Crippen LogP contribution in [-0.2, 0) is 0 Å². The van der Waals surface area contributed by atoms with Crippen molar-refractivity contribution in [1.82, 2.24) is 8.51 Å². The molecule has 0 unspecified atom stereocenters. The van der Waals surface area contributed by atoms with Crippen molar-refractivity contribution in [2.75, 3.05) is 0 Å². The second-order valence-corrected chi connectivity index (χ2v) is 13.3. The van der Waals surface area contributed by atoms with Crippen LogP contribution in [0.3, 0.4) is 0 Å². The van der Waals surface area contributed by atoms with E-state index in [1.54, 1.807) is 0 Å². The summed E-state index contributed by atoms with van der Waals surface area (Å²) in [7, 11) is 0. The Morgan fingerprint density at radius 1 is 1.33 bits per heavy atom. The molecule has 0 amide bonds. The molecule has 0 aromatic carbocycles. The molecule has 0 spiro atoms. The number of hydrogen-bond acceptors (Lipinski definition) is 1. The Morgan fingerprint density at radius 2 is 2.00 bits per heavy atom. The Balaban J connectivity index is 2.90. The summed E-state index contributed by atoms with van der Waals surface area (Å²) in [6.45, 7) is 0. The number of rotatable bonds is 1. The van der Waals surface area contributed by atoms with Gasteiger partial charge in [-0.15, -0.1) is 0 Å². The quantitative estimate of drug-likeness (QED) is 0.606. The first kappa shape index (κ1) is 6.87. The van der Waals surface area contributed by atoms with Crippen molar-refractivity contribution < 1.29 is 0 Å². The third-order valence-electron chi connectivity index (χ3n) is 1.28. The fourth-order valence-electron chi connectivity index (χ4n) is 0.656. The molecule has 1 aromatic heterocycles. The Hall–Kier alpha value is -0.247. The fourth-order valence-corrected chi connectivity index (χ4v) is 2.60. The predicted octanol–water partition coefficient (Wildman–Crippen LogP) is 1.57. The zero-order valence-electron chi connectivity index (χ0n) is 6.13. The minimum atomic E-state index is -1.58. The molecule has 0 aliphatic heterocycles. The topological polar surface area (TPSA) is 17.8 Å². The van der Waals surface area contributed by atoms with Gasteiger partial charge >= 0.3 is 58.0 Å². The van der Waals surface area contributed by atoms with Crippen LogP contribution in [0.4, 0.5) is 0 Å². The van der Waals surface area contributed by atoms with Gasteiger partial charge in [0, 0.05) is 0 Å². The second kappa shape index (κ2) is 2.17. The van der Waals surface area contributed by atoms with Gasteiger partial charge in [-0.1, -0.05) is 0 Å². The molecule has 9 heavy (non-hydrogen) atoms. The van der Waals surface area contributed by atoms with E-state index in [-0.39, 0.29) is 0 Å². The Kier molecular flexibility index (Phi) is 1.66. The van der Waals surface area contributed by atoms with E-state index < -0.39 is 13.5 Å². The monoisotopic (exact) mass is 186 g/mol. The normalized spacial score (nSPS) is 11.9. The summed E-state index contributed by atoms with van der Waals surface area (Å²) in [5.74, 6) is 7.00. The Bertz CT molecular complexity index is 173. The number of imidazole rings is 1. The van der Waals surface area contributed by atoms with Crippen molar-refractivity contribution in [1.29, 1.82) is 0 Å². The zero-order valence-corrected chi connectivity index (χ0v) is 8.22. The minimum absolute atomic E-state index is 1.58. The number of aromatic nitrogens is 2. The van der Waals surface area contributed by atoms with Crippen LogP contribution < -0.4 is 0 Å². The average molecular weight is 185 g/mol. The molecule has 0 radical (unpaired) electrons. The van der Waals surface area contributed by atoms with Gasteiger partial charge in [0.15, 0.2) is 0 Å². The standard InChI is InChI=1S/C6H12GeN2/c1-7(2,3)9-5-4-8-6-9/h4-6H,1-3H3. The molecule has 50 valence electrons. The Labute approximate surface area is 58.5 Å². The van der Waals surface area contributed by atoms with Crippen molar-refractivity contribution in [2.24, 2.45) is 0 Å². The molecule has 2 nitrogen and oxygen atoms in total. The molecular weight excluding hydrogens is 173 g/mol. The first-order chi connectivity index (χ1) is 4.11. The van der Waals surface area contributed by atoms with E-state index in [0.29, 0.717) is 0 Å². The molecule has 0 aliphatic rings. The summed E-state index contributed by atoms with van der Waals surface area (Å²) in [6.07, 6.45) is 5.82. The van der Waals surface area contributed by atoms with Crippen LogP contribution in [0.1, 0.15) is 0 Å². The summed E-state index contributed by atoms with van der Waals surface area (Å²) in [4.78, 5) is 4.00. The summed E-state index contributed by atoms with van der Waals surface area (Å²) in [5.41, 5.74) is 0. The molecule has 0 fully saturated rings. The number of nitrogens with zero attached hydrogens (tertiary/aromatic N) is 2. The summed E-state index contributed by atoms with van der Waals surface area (Å²) in [5, 5.41) is 0. The third kappa shape index (κ3) is 1.58. The molecule has 0 saturated heterocycles. The molecule has 1 heterocycles. The van der Waals surface area contributed by atoms with Gasteiger partial charge in [0.2, 0.25) is 0 Å². The first-order valence-corrected chi connectivity index (χ1v) is 10.3. The summed E-state index contributed by atoms with van der Waals surface area (Å²) in [6, 6.07) is 0. The molecular formula is C6H12GeN2. The molecule has 0 saturated carbocycles. The maximum absolute atomic E-state index is 4.00. The van der Waals surface area contributed by atoms with Gasteiger partial charge in [0.05, 0.1) is 0 Å². The Morgan fingerprint density at radius 3 is 2.22 bits per heavy atom. The summed E-state index contributed by atoms with van der Waals surface area (Å²) < 4.78 is 2.26. The SMILES string of the molecule is [CH3][Ge]([CH3])([CH3])[n]1ccnc1. The molecule has 3 heteroatoms. The van der Waals surface area contributed by atoms with Crippen LogP contribution >= 0.6 is 0 Å². The van der Waals surface area contributed by atoms with E-state index in [9.17, 15) is 0 Å². The van der Waals surface area contributed by atoms with Gasteiger partial charge in [-0.3, -0.25) is 0 Å². The van der Waals surface area contributed by atoms with E-state index in [0.717, 1.165) is 0 Å². The van der Waals surface area contributed by atoms with Gasteiger partial charge in [-0.25, -0.2) is 0 Å². The van der Waals surface area contributed by atoms with Gasteiger partial charge in [0.1, 0.15) is 0 Å². The van der Waals surface area contributed by atoms with Crippen molar-refractivity contribution in [2.45, 2.75) is 17.3 Å². The van der Waals surface area contributed by atoms with Crippen molar-refractivity contribution >= 4 is 13.5 Å². The van der Waals surface area contributed by atoms with Crippen molar-refractivity contribution in [3.63, 3.8) is 0 Å². The zero-order chi connectivity index (χ0) is 6.91. The van der Waals surface area contributed by atoms with E-state index in [1.165, 1.54) is 0 Å². The van der Waals surface area contributed by atoms with E-state index in [1.807, 2.05) is 12.5 Å². The predicted molar refractivity (Wildman–Crippen MR) is 41.0 cm³/mol. The van der Waals surface area contributed by atoms with Crippen molar-refractivity contribution in [3.8, 4) is 0 Å². The second-order valence-electron chi connectivity index (χ2n) is 3.14. The number of hydrogen-bond donors (Lipinski definition) is 0. The first-order valence-electron chi connectivity index (χ1n) is 3.09. The fraction of sp³-hybridized carbons (Fsp3) is 0.500. The van der Waals surface area contributed by atoms with Gasteiger partial charge in [-0.05, 0) is 0 Å². The van der Waals surface area contributed by atoms with Gasteiger partial charge < -0.3 is 0 Å². The molecule has 0 bridgehead atoms. The van der Waals surface area contributed by atoms with Crippen LogP contribution in [-0.4, -0.2) is 22.0 Å². The van der Waals surface area contributed by atoms with Crippen LogP contribution in [0.15, 0.2) is 18.7 Å². The van der Waals surface area contributed by atoms with Gasteiger partial charge in [-0.2, -0.15) is 0 Å². The molecule has 1 rings (SSSR count). The summed E-state index contributed by atoms with van der Waals surface area (Å²) >= 11 is -1.58. The van der Waals surface area contributed by atoms with Gasteiger partial charge in [0.25, 0.3) is 0 Å². The molecule has 0 N–H and O–H groups in total. The molecule has 0 atom stereocenters. The van der Waals surface area contributed by atoms with E-state index in [4.69, 9.17) is 0 Å². The van der Waals surface area contributed by atoms with Crippen LogP contribution in [0.2, 0.25) is 17.3 Å². The third-order valence-corrected chi connectivity index (χ3v) is 5.08. The van der Waals surface area contributed by atoms with Crippen LogP contribution in [0, 0.1) is 0 Å².